The molecule has 0 bridgehead atoms. The molecule has 7 nitrogen and oxygen atoms in total. The SMILES string of the molecule is CCn1cc(NC(=O)C2CCCN(C(=O)Nc3ccccc3)C2)ccc1=O. The summed E-state index contributed by atoms with van der Waals surface area (Å²) >= 11 is 0. The Bertz CT molecular complexity index is 863. The van der Waals surface area contributed by atoms with Gasteiger partial charge in [0.25, 0.3) is 5.56 Å². The van der Waals surface area contributed by atoms with Crippen LogP contribution in [0.5, 0.6) is 0 Å². The van der Waals surface area contributed by atoms with E-state index in [0.717, 1.165) is 18.5 Å². The number of aromatic nitrogens is 1. The van der Waals surface area contributed by atoms with Crippen LogP contribution >= 0.6 is 0 Å². The lowest BCUT2D eigenvalue weighted by molar-refractivity contribution is -0.121. The van der Waals surface area contributed by atoms with Crippen molar-refractivity contribution in [3.63, 3.8) is 0 Å². The second-order valence-electron chi connectivity index (χ2n) is 6.61. The highest BCUT2D eigenvalue weighted by molar-refractivity contribution is 5.94. The maximum absolute atomic E-state index is 12.6. The highest BCUT2D eigenvalue weighted by atomic mass is 16.2. The fraction of sp³-hybridized carbons (Fsp3) is 0.350. The minimum Gasteiger partial charge on any atom is -0.324 e. The minimum absolute atomic E-state index is 0.100. The number of hydrogen-bond donors (Lipinski definition) is 2. The topological polar surface area (TPSA) is 83.4 Å². The Morgan fingerprint density at radius 3 is 2.59 bits per heavy atom. The monoisotopic (exact) mass is 368 g/mol. The zero-order valence-corrected chi connectivity index (χ0v) is 15.4. The lowest BCUT2D eigenvalue weighted by Crippen LogP contribution is -2.45. The third kappa shape index (κ3) is 4.75. The second kappa shape index (κ2) is 8.53. The molecule has 0 radical (unpaired) electrons. The number of aryl methyl sites for hydroxylation is 1. The standard InChI is InChI=1S/C20H24N4O3/c1-2-23-14-17(10-11-18(23)25)21-19(26)15-7-6-12-24(13-15)20(27)22-16-8-4-3-5-9-16/h3-5,8-11,14-15H,2,6-7,12-13H2,1H3,(H,21,26)(H,22,27). The number of para-hydroxylation sites is 1. The van der Waals surface area contributed by atoms with Crippen molar-refractivity contribution in [1.82, 2.24) is 9.47 Å². The molecule has 1 saturated heterocycles. The summed E-state index contributed by atoms with van der Waals surface area (Å²) in [7, 11) is 0. The van der Waals surface area contributed by atoms with Gasteiger partial charge in [0.15, 0.2) is 0 Å². The van der Waals surface area contributed by atoms with Gasteiger partial charge in [-0.2, -0.15) is 0 Å². The number of nitrogens with zero attached hydrogens (tertiary/aromatic N) is 2. The van der Waals surface area contributed by atoms with Crippen LogP contribution in [-0.4, -0.2) is 34.5 Å². The summed E-state index contributed by atoms with van der Waals surface area (Å²) in [6, 6.07) is 12.1. The van der Waals surface area contributed by atoms with Crippen LogP contribution in [0.3, 0.4) is 0 Å². The predicted octanol–water partition coefficient (Wildman–Crippen LogP) is 2.75. The van der Waals surface area contributed by atoms with E-state index in [-0.39, 0.29) is 23.4 Å². The number of carbonyl (C=O) groups is 2. The van der Waals surface area contributed by atoms with Gasteiger partial charge in [-0.15, -0.1) is 0 Å². The van der Waals surface area contributed by atoms with Crippen LogP contribution in [0.15, 0.2) is 53.5 Å². The van der Waals surface area contributed by atoms with Gasteiger partial charge in [-0.05, 0) is 38.0 Å². The molecule has 3 amide bonds. The molecule has 1 atom stereocenters. The first kappa shape index (κ1) is 18.7. The first-order chi connectivity index (χ1) is 13.1. The highest BCUT2D eigenvalue weighted by Crippen LogP contribution is 2.19. The normalized spacial score (nSPS) is 16.6. The van der Waals surface area contributed by atoms with Crippen molar-refractivity contribution in [2.75, 3.05) is 23.7 Å². The van der Waals surface area contributed by atoms with Crippen LogP contribution < -0.4 is 16.2 Å². The molecule has 2 N–H and O–H groups in total. The van der Waals surface area contributed by atoms with Crippen LogP contribution in [-0.2, 0) is 11.3 Å². The lowest BCUT2D eigenvalue weighted by atomic mass is 9.97. The van der Waals surface area contributed by atoms with E-state index in [0.29, 0.717) is 25.3 Å². The zero-order valence-electron chi connectivity index (χ0n) is 15.4. The quantitative estimate of drug-likeness (QED) is 0.870. The maximum atomic E-state index is 12.6. The van der Waals surface area contributed by atoms with Gasteiger partial charge in [-0.25, -0.2) is 4.79 Å². The third-order valence-corrected chi connectivity index (χ3v) is 4.70. The largest absolute Gasteiger partial charge is 0.324 e. The molecule has 1 aliphatic rings. The van der Waals surface area contributed by atoms with Crippen molar-refractivity contribution in [3.05, 3.63) is 59.0 Å². The number of benzene rings is 1. The molecule has 7 heteroatoms. The number of carbonyl (C=O) groups excluding carboxylic acids is 2. The molecule has 3 rings (SSSR count). The van der Waals surface area contributed by atoms with E-state index in [4.69, 9.17) is 0 Å². The van der Waals surface area contributed by atoms with Gasteiger partial charge in [-0.3, -0.25) is 9.59 Å². The molecule has 27 heavy (non-hydrogen) atoms. The number of rotatable bonds is 4. The summed E-state index contributed by atoms with van der Waals surface area (Å²) in [6.07, 6.45) is 3.14. The van der Waals surface area contributed by atoms with Gasteiger partial charge < -0.3 is 20.1 Å². The summed E-state index contributed by atoms with van der Waals surface area (Å²) in [4.78, 5) is 38.4. The number of piperidine rings is 1. The van der Waals surface area contributed by atoms with E-state index in [1.165, 1.54) is 10.6 Å². The summed E-state index contributed by atoms with van der Waals surface area (Å²) in [6.45, 7) is 3.41. The molecular formula is C20H24N4O3. The van der Waals surface area contributed by atoms with Gasteiger partial charge in [0, 0.05) is 37.6 Å². The Morgan fingerprint density at radius 2 is 1.85 bits per heavy atom. The number of hydrogen-bond acceptors (Lipinski definition) is 3. The smallest absolute Gasteiger partial charge is 0.321 e. The molecule has 1 aliphatic heterocycles. The molecule has 142 valence electrons. The molecule has 1 unspecified atom stereocenters. The predicted molar refractivity (Wildman–Crippen MR) is 105 cm³/mol. The molecule has 1 aromatic carbocycles. The van der Waals surface area contributed by atoms with E-state index in [1.54, 1.807) is 17.2 Å². The van der Waals surface area contributed by atoms with E-state index in [2.05, 4.69) is 10.6 Å². The third-order valence-electron chi connectivity index (χ3n) is 4.70. The number of anilines is 2. The van der Waals surface area contributed by atoms with E-state index >= 15 is 0 Å². The van der Waals surface area contributed by atoms with Crippen molar-refractivity contribution >= 4 is 23.3 Å². The lowest BCUT2D eigenvalue weighted by Gasteiger charge is -2.32. The Hall–Kier alpha value is -3.09. The Morgan fingerprint density at radius 1 is 1.07 bits per heavy atom. The van der Waals surface area contributed by atoms with Crippen molar-refractivity contribution in [3.8, 4) is 0 Å². The first-order valence-corrected chi connectivity index (χ1v) is 9.19. The van der Waals surface area contributed by atoms with E-state index < -0.39 is 0 Å². The summed E-state index contributed by atoms with van der Waals surface area (Å²) in [5.41, 5.74) is 1.22. The van der Waals surface area contributed by atoms with E-state index in [1.807, 2.05) is 37.3 Å². The van der Waals surface area contributed by atoms with Crippen LogP contribution in [0.1, 0.15) is 19.8 Å². The van der Waals surface area contributed by atoms with Gasteiger partial charge in [0.05, 0.1) is 11.6 Å². The molecular weight excluding hydrogens is 344 g/mol. The van der Waals surface area contributed by atoms with Crippen molar-refractivity contribution in [1.29, 1.82) is 0 Å². The van der Waals surface area contributed by atoms with Gasteiger partial charge in [-0.1, -0.05) is 18.2 Å². The van der Waals surface area contributed by atoms with Gasteiger partial charge in [0.2, 0.25) is 5.91 Å². The Labute approximate surface area is 158 Å². The number of urea groups is 1. The van der Waals surface area contributed by atoms with Crippen molar-refractivity contribution in [2.45, 2.75) is 26.3 Å². The van der Waals surface area contributed by atoms with Crippen molar-refractivity contribution in [2.24, 2.45) is 5.92 Å². The zero-order chi connectivity index (χ0) is 19.2. The fourth-order valence-corrected chi connectivity index (χ4v) is 3.20. The van der Waals surface area contributed by atoms with Crippen LogP contribution in [0, 0.1) is 5.92 Å². The molecule has 0 saturated carbocycles. The molecule has 0 aliphatic carbocycles. The average Bonchev–Trinajstić information content (AvgIpc) is 2.70. The molecule has 2 heterocycles. The number of nitrogens with one attached hydrogen (secondary N) is 2. The summed E-state index contributed by atoms with van der Waals surface area (Å²) in [5.74, 6) is -0.407. The molecule has 2 aromatic rings. The Balaban J connectivity index is 1.61. The van der Waals surface area contributed by atoms with Crippen LogP contribution in [0.25, 0.3) is 0 Å². The average molecular weight is 368 g/mol. The molecule has 1 aromatic heterocycles. The van der Waals surface area contributed by atoms with Crippen LogP contribution in [0.2, 0.25) is 0 Å². The number of pyridine rings is 1. The second-order valence-corrected chi connectivity index (χ2v) is 6.61. The number of likely N-dealkylation sites (tertiary alicyclic amines) is 1. The van der Waals surface area contributed by atoms with Crippen LogP contribution in [0.4, 0.5) is 16.2 Å². The maximum Gasteiger partial charge on any atom is 0.321 e. The van der Waals surface area contributed by atoms with Crippen molar-refractivity contribution < 1.29 is 9.59 Å². The highest BCUT2D eigenvalue weighted by Gasteiger charge is 2.28. The summed E-state index contributed by atoms with van der Waals surface area (Å²) in [5, 5.41) is 5.73. The molecule has 1 fully saturated rings. The van der Waals surface area contributed by atoms with Gasteiger partial charge >= 0.3 is 6.03 Å². The minimum atomic E-state index is -0.276. The van der Waals surface area contributed by atoms with E-state index in [9.17, 15) is 14.4 Å². The first-order valence-electron chi connectivity index (χ1n) is 9.19. The number of amides is 3. The summed E-state index contributed by atoms with van der Waals surface area (Å²) < 4.78 is 1.54. The van der Waals surface area contributed by atoms with Gasteiger partial charge in [0.1, 0.15) is 0 Å². The fourth-order valence-electron chi connectivity index (χ4n) is 3.20. The molecule has 0 spiro atoms. The Kier molecular flexibility index (Phi) is 5.90.